The Balaban J connectivity index is 2.70. The van der Waals surface area contributed by atoms with Crippen molar-refractivity contribution < 1.29 is 9.90 Å². The normalized spacial score (nSPS) is 18.5. The fourth-order valence-corrected chi connectivity index (χ4v) is 4.82. The van der Waals surface area contributed by atoms with E-state index < -0.39 is 6.10 Å². The molecule has 1 saturated carbocycles. The average Bonchev–Trinajstić information content (AvgIpc) is 2.70. The van der Waals surface area contributed by atoms with Crippen LogP contribution in [0.25, 0.3) is 0 Å². The summed E-state index contributed by atoms with van der Waals surface area (Å²) in [6, 6.07) is 0.110. The second kappa shape index (κ2) is 16.1. The summed E-state index contributed by atoms with van der Waals surface area (Å²) in [4.78, 5) is 12.8. The Labute approximate surface area is 187 Å². The maximum absolute atomic E-state index is 12.8. The van der Waals surface area contributed by atoms with Crippen molar-refractivity contribution in [1.82, 2.24) is 10.6 Å². The van der Waals surface area contributed by atoms with Crippen LogP contribution in [0.4, 0.5) is 0 Å². The Bertz CT molecular complexity index is 433. The van der Waals surface area contributed by atoms with E-state index in [1.165, 1.54) is 38.5 Å². The van der Waals surface area contributed by atoms with Gasteiger partial charge in [0, 0.05) is 18.5 Å². The zero-order chi connectivity index (χ0) is 22.4. The quantitative estimate of drug-likeness (QED) is 0.279. The Morgan fingerprint density at radius 2 is 1.67 bits per heavy atom. The van der Waals surface area contributed by atoms with Gasteiger partial charge in [0.25, 0.3) is 0 Å². The van der Waals surface area contributed by atoms with Crippen molar-refractivity contribution in [1.29, 1.82) is 0 Å². The summed E-state index contributed by atoms with van der Waals surface area (Å²) in [6.45, 7) is 12.7. The Hall–Kier alpha value is -0.610. The van der Waals surface area contributed by atoms with E-state index in [4.69, 9.17) is 0 Å². The first-order valence-electron chi connectivity index (χ1n) is 13.0. The van der Waals surface area contributed by atoms with E-state index in [0.717, 1.165) is 57.0 Å². The third-order valence-corrected chi connectivity index (χ3v) is 6.62. The Morgan fingerprint density at radius 1 is 0.967 bits per heavy atom. The smallest absolute Gasteiger partial charge is 0.223 e. The molecule has 0 heterocycles. The Morgan fingerprint density at radius 3 is 2.27 bits per heavy atom. The molecule has 3 atom stereocenters. The van der Waals surface area contributed by atoms with Crippen LogP contribution in [-0.2, 0) is 4.79 Å². The number of nitrogens with one attached hydrogen (secondary N) is 2. The number of hydrogen-bond donors (Lipinski definition) is 3. The van der Waals surface area contributed by atoms with Gasteiger partial charge in [0.05, 0.1) is 6.10 Å². The first kappa shape index (κ1) is 27.4. The van der Waals surface area contributed by atoms with Crippen LogP contribution in [0.1, 0.15) is 112 Å². The third-order valence-electron chi connectivity index (χ3n) is 6.62. The maximum Gasteiger partial charge on any atom is 0.223 e. The van der Waals surface area contributed by atoms with Crippen LogP contribution in [-0.4, -0.2) is 36.2 Å². The average molecular weight is 425 g/mol. The van der Waals surface area contributed by atoms with E-state index in [-0.39, 0.29) is 17.9 Å². The van der Waals surface area contributed by atoms with E-state index in [9.17, 15) is 9.90 Å². The van der Waals surface area contributed by atoms with Gasteiger partial charge in [0.15, 0.2) is 0 Å². The van der Waals surface area contributed by atoms with Crippen LogP contribution in [0.5, 0.6) is 0 Å². The first-order chi connectivity index (χ1) is 14.3. The highest BCUT2D eigenvalue weighted by Gasteiger charge is 2.29. The highest BCUT2D eigenvalue weighted by molar-refractivity contribution is 5.78. The predicted octanol–water partition coefficient (Wildman–Crippen LogP) is 5.68. The van der Waals surface area contributed by atoms with Crippen LogP contribution in [0, 0.1) is 23.7 Å². The van der Waals surface area contributed by atoms with Gasteiger partial charge in [0.2, 0.25) is 5.91 Å². The molecule has 4 heteroatoms. The number of carbonyl (C=O) groups excluding carboxylic acids is 1. The van der Waals surface area contributed by atoms with Crippen molar-refractivity contribution in [3.05, 3.63) is 0 Å². The zero-order valence-electron chi connectivity index (χ0n) is 20.7. The molecular weight excluding hydrogens is 372 g/mol. The molecule has 0 aliphatic heterocycles. The number of hydrogen-bond acceptors (Lipinski definition) is 3. The molecule has 30 heavy (non-hydrogen) atoms. The van der Waals surface area contributed by atoms with Crippen LogP contribution in [0.2, 0.25) is 0 Å². The van der Waals surface area contributed by atoms with Gasteiger partial charge >= 0.3 is 0 Å². The SMILES string of the molecule is CCCCNC(=O)C(CC(C)C)CC(O)C(CC1CCCCC1)NCCCC(C)C. The molecule has 1 rings (SSSR count). The minimum atomic E-state index is -0.452. The monoisotopic (exact) mass is 424 g/mol. The lowest BCUT2D eigenvalue weighted by Crippen LogP contribution is -2.44. The molecule has 0 aromatic rings. The molecule has 0 saturated heterocycles. The molecule has 1 amide bonds. The lowest BCUT2D eigenvalue weighted by molar-refractivity contribution is -0.126. The number of unbranched alkanes of at least 4 members (excludes halogenated alkanes) is 1. The summed E-state index contributed by atoms with van der Waals surface area (Å²) in [5.74, 6) is 1.93. The van der Waals surface area contributed by atoms with Crippen LogP contribution in [0.3, 0.4) is 0 Å². The number of aliphatic hydroxyl groups excluding tert-OH is 1. The van der Waals surface area contributed by atoms with Crippen molar-refractivity contribution in [3.8, 4) is 0 Å². The number of aliphatic hydroxyl groups is 1. The third kappa shape index (κ3) is 12.3. The standard InChI is InChI=1S/C26H52N2O2/c1-6-7-15-28-26(30)23(17-21(4)5)19-25(29)24(27-16-11-12-20(2)3)18-22-13-9-8-10-14-22/h20-25,27,29H,6-19H2,1-5H3,(H,28,30). The van der Waals surface area contributed by atoms with Crippen molar-refractivity contribution in [2.45, 2.75) is 124 Å². The summed E-state index contributed by atoms with van der Waals surface area (Å²) >= 11 is 0. The van der Waals surface area contributed by atoms with Gasteiger partial charge in [-0.05, 0) is 62.8 Å². The molecule has 1 fully saturated rings. The van der Waals surface area contributed by atoms with Gasteiger partial charge in [0.1, 0.15) is 0 Å². The minimum Gasteiger partial charge on any atom is -0.391 e. The first-order valence-corrected chi connectivity index (χ1v) is 13.0. The minimum absolute atomic E-state index is 0.0943. The summed E-state index contributed by atoms with van der Waals surface area (Å²) in [7, 11) is 0. The van der Waals surface area contributed by atoms with Crippen molar-refractivity contribution in [2.24, 2.45) is 23.7 Å². The largest absolute Gasteiger partial charge is 0.391 e. The highest BCUT2D eigenvalue weighted by atomic mass is 16.3. The van der Waals surface area contributed by atoms with Gasteiger partial charge in [-0.25, -0.2) is 0 Å². The van der Waals surface area contributed by atoms with Crippen molar-refractivity contribution >= 4 is 5.91 Å². The molecule has 0 spiro atoms. The second-order valence-corrected chi connectivity index (χ2v) is 10.6. The molecule has 1 aliphatic carbocycles. The molecule has 3 N–H and O–H groups in total. The predicted molar refractivity (Wildman–Crippen MR) is 129 cm³/mol. The molecular formula is C26H52N2O2. The fraction of sp³-hybridized carbons (Fsp3) is 0.962. The van der Waals surface area contributed by atoms with Crippen LogP contribution < -0.4 is 10.6 Å². The summed E-state index contributed by atoms with van der Waals surface area (Å²) < 4.78 is 0. The van der Waals surface area contributed by atoms with E-state index in [2.05, 4.69) is 45.3 Å². The second-order valence-electron chi connectivity index (χ2n) is 10.6. The fourth-order valence-electron chi connectivity index (χ4n) is 4.82. The lowest BCUT2D eigenvalue weighted by Gasteiger charge is -2.32. The topological polar surface area (TPSA) is 61.4 Å². The number of amides is 1. The summed E-state index contributed by atoms with van der Waals surface area (Å²) in [6.07, 6.45) is 13.1. The molecule has 4 nitrogen and oxygen atoms in total. The van der Waals surface area contributed by atoms with E-state index >= 15 is 0 Å². The van der Waals surface area contributed by atoms with E-state index in [1.54, 1.807) is 0 Å². The summed E-state index contributed by atoms with van der Waals surface area (Å²) in [5.41, 5.74) is 0. The number of carbonyl (C=O) groups is 1. The Kier molecular flexibility index (Phi) is 14.7. The molecule has 0 aromatic carbocycles. The molecule has 178 valence electrons. The van der Waals surface area contributed by atoms with Gasteiger partial charge in [-0.15, -0.1) is 0 Å². The van der Waals surface area contributed by atoms with Crippen molar-refractivity contribution in [3.63, 3.8) is 0 Å². The van der Waals surface area contributed by atoms with Gasteiger partial charge in [-0.2, -0.15) is 0 Å². The van der Waals surface area contributed by atoms with Gasteiger partial charge in [-0.1, -0.05) is 73.1 Å². The van der Waals surface area contributed by atoms with E-state index in [1.807, 2.05) is 0 Å². The number of rotatable bonds is 16. The molecule has 3 unspecified atom stereocenters. The van der Waals surface area contributed by atoms with E-state index in [0.29, 0.717) is 12.3 Å². The lowest BCUT2D eigenvalue weighted by atomic mass is 9.81. The molecule has 0 radical (unpaired) electrons. The van der Waals surface area contributed by atoms with Crippen molar-refractivity contribution in [2.75, 3.05) is 13.1 Å². The molecule has 1 aliphatic rings. The van der Waals surface area contributed by atoms with Gasteiger partial charge in [-0.3, -0.25) is 4.79 Å². The summed E-state index contributed by atoms with van der Waals surface area (Å²) in [5, 5.41) is 18.0. The molecule has 0 aromatic heterocycles. The van der Waals surface area contributed by atoms with Crippen LogP contribution in [0.15, 0.2) is 0 Å². The molecule has 0 bridgehead atoms. The highest BCUT2D eigenvalue weighted by Crippen LogP contribution is 2.29. The maximum atomic E-state index is 12.8. The zero-order valence-corrected chi connectivity index (χ0v) is 20.7. The van der Waals surface area contributed by atoms with Crippen LogP contribution >= 0.6 is 0 Å². The van der Waals surface area contributed by atoms with Gasteiger partial charge < -0.3 is 15.7 Å².